The van der Waals surface area contributed by atoms with Gasteiger partial charge in [-0.15, -0.1) is 12.4 Å². The second-order valence-electron chi connectivity index (χ2n) is 6.25. The second kappa shape index (κ2) is 8.63. The Morgan fingerprint density at radius 3 is 2.56 bits per heavy atom. The molecule has 2 aromatic rings. The van der Waals surface area contributed by atoms with E-state index in [0.717, 1.165) is 18.7 Å². The van der Waals surface area contributed by atoms with Gasteiger partial charge in [0.2, 0.25) is 0 Å². The summed E-state index contributed by atoms with van der Waals surface area (Å²) in [5, 5.41) is 11.2. The molecule has 1 heterocycles. The maximum absolute atomic E-state index is 11.0. The van der Waals surface area contributed by atoms with Crippen LogP contribution in [0.15, 0.2) is 48.5 Å². The second-order valence-corrected chi connectivity index (χ2v) is 6.66. The minimum absolute atomic E-state index is 0. The Balaban J connectivity index is 0.00000225. The minimum Gasteiger partial charge on any atom is -0.330 e. The third kappa shape index (κ3) is 4.50. The molecule has 0 aromatic heterocycles. The number of rotatable bonds is 5. The summed E-state index contributed by atoms with van der Waals surface area (Å²) in [5.74, 6) is 0.799. The Labute approximate surface area is 158 Å². The van der Waals surface area contributed by atoms with Crippen molar-refractivity contribution >= 4 is 29.7 Å². The van der Waals surface area contributed by atoms with Crippen LogP contribution in [0, 0.1) is 16.0 Å². The number of likely N-dealkylation sites (tertiary alicyclic amines) is 1. The first-order valence-electron chi connectivity index (χ1n) is 7.98. The maximum atomic E-state index is 11.0. The lowest BCUT2D eigenvalue weighted by atomic mass is 9.89. The van der Waals surface area contributed by atoms with Gasteiger partial charge in [0.05, 0.1) is 4.92 Å². The fourth-order valence-corrected chi connectivity index (χ4v) is 3.65. The van der Waals surface area contributed by atoms with Crippen molar-refractivity contribution in [3.8, 4) is 0 Å². The normalized spacial score (nSPS) is 20.2. The van der Waals surface area contributed by atoms with Crippen molar-refractivity contribution in [2.24, 2.45) is 11.7 Å². The number of nitrogens with two attached hydrogens (primary N) is 1. The van der Waals surface area contributed by atoms with Gasteiger partial charge < -0.3 is 5.73 Å². The molecule has 25 heavy (non-hydrogen) atoms. The van der Waals surface area contributed by atoms with Crippen LogP contribution in [0.4, 0.5) is 5.69 Å². The number of halogens is 2. The molecule has 134 valence electrons. The van der Waals surface area contributed by atoms with Crippen molar-refractivity contribution in [1.82, 2.24) is 4.90 Å². The number of nitrogens with zero attached hydrogens (tertiary/aromatic N) is 2. The van der Waals surface area contributed by atoms with Crippen LogP contribution in [0.2, 0.25) is 5.02 Å². The van der Waals surface area contributed by atoms with Gasteiger partial charge in [-0.1, -0.05) is 48.0 Å². The fraction of sp³-hybridized carbons (Fsp3) is 0.333. The van der Waals surface area contributed by atoms with Gasteiger partial charge in [0.25, 0.3) is 5.69 Å². The van der Waals surface area contributed by atoms with Crippen molar-refractivity contribution in [2.45, 2.75) is 12.5 Å². The first-order valence-corrected chi connectivity index (χ1v) is 8.36. The average Bonchev–Trinajstić information content (AvgIpc) is 3.00. The summed E-state index contributed by atoms with van der Waals surface area (Å²) in [6, 6.07) is 15.4. The Morgan fingerprint density at radius 2 is 1.92 bits per heavy atom. The highest BCUT2D eigenvalue weighted by molar-refractivity contribution is 6.32. The van der Waals surface area contributed by atoms with E-state index in [0.29, 0.717) is 24.9 Å². The molecule has 0 bridgehead atoms. The van der Waals surface area contributed by atoms with Crippen LogP contribution in [0.3, 0.4) is 0 Å². The molecule has 2 aromatic carbocycles. The number of nitro groups is 1. The van der Waals surface area contributed by atoms with Gasteiger partial charge in [0, 0.05) is 31.6 Å². The minimum atomic E-state index is -0.439. The lowest BCUT2D eigenvalue weighted by Gasteiger charge is -2.17. The van der Waals surface area contributed by atoms with Gasteiger partial charge >= 0.3 is 0 Å². The number of benzene rings is 2. The first kappa shape index (κ1) is 19.7. The molecule has 2 atom stereocenters. The van der Waals surface area contributed by atoms with Gasteiger partial charge in [-0.3, -0.25) is 15.0 Å². The van der Waals surface area contributed by atoms with E-state index in [1.165, 1.54) is 5.56 Å². The highest BCUT2D eigenvalue weighted by atomic mass is 35.5. The molecule has 0 aliphatic carbocycles. The molecule has 1 aliphatic rings. The average molecular weight is 382 g/mol. The molecule has 0 spiro atoms. The molecule has 0 unspecified atom stereocenters. The van der Waals surface area contributed by atoms with Crippen LogP contribution in [0.5, 0.6) is 0 Å². The number of hydrogen-bond acceptors (Lipinski definition) is 4. The molecule has 1 saturated heterocycles. The molecule has 0 saturated carbocycles. The van der Waals surface area contributed by atoms with Gasteiger partial charge in [-0.25, -0.2) is 0 Å². The van der Waals surface area contributed by atoms with Crippen LogP contribution in [-0.4, -0.2) is 29.5 Å². The zero-order chi connectivity index (χ0) is 17.1. The van der Waals surface area contributed by atoms with Gasteiger partial charge in [0.15, 0.2) is 0 Å². The number of hydrogen-bond donors (Lipinski definition) is 1. The summed E-state index contributed by atoms with van der Waals surface area (Å²) < 4.78 is 0. The van der Waals surface area contributed by atoms with Gasteiger partial charge in [-0.2, -0.15) is 0 Å². The van der Waals surface area contributed by atoms with Crippen molar-refractivity contribution in [3.05, 3.63) is 74.8 Å². The summed E-state index contributed by atoms with van der Waals surface area (Å²) in [7, 11) is 0. The standard InChI is InChI=1S/C18H20ClN3O2.ClH/c19-17-7-6-13(8-18(17)22(23)24)10-21-11-15(9-20)16(12-21)14-4-2-1-3-5-14;/h1-8,15-16H,9-12,20H2;1H/t15-,16+;/m1./s1. The molecular weight excluding hydrogens is 361 g/mol. The highest BCUT2D eigenvalue weighted by Crippen LogP contribution is 2.33. The highest BCUT2D eigenvalue weighted by Gasteiger charge is 2.32. The third-order valence-corrected chi connectivity index (χ3v) is 4.98. The van der Waals surface area contributed by atoms with Crippen LogP contribution >= 0.6 is 24.0 Å². The lowest BCUT2D eigenvalue weighted by Crippen LogP contribution is -2.23. The summed E-state index contributed by atoms with van der Waals surface area (Å²) in [6.45, 7) is 3.10. The van der Waals surface area contributed by atoms with E-state index >= 15 is 0 Å². The zero-order valence-electron chi connectivity index (χ0n) is 13.7. The van der Waals surface area contributed by atoms with E-state index in [4.69, 9.17) is 17.3 Å². The van der Waals surface area contributed by atoms with Gasteiger partial charge in [-0.05, 0) is 29.7 Å². The van der Waals surface area contributed by atoms with Crippen molar-refractivity contribution in [1.29, 1.82) is 0 Å². The molecule has 3 rings (SSSR count). The van der Waals surface area contributed by atoms with E-state index in [1.807, 2.05) is 24.3 Å². The van der Waals surface area contributed by atoms with Crippen LogP contribution in [0.25, 0.3) is 0 Å². The number of nitro benzene ring substituents is 1. The predicted octanol–water partition coefficient (Wildman–Crippen LogP) is 3.84. The maximum Gasteiger partial charge on any atom is 0.288 e. The Hall–Kier alpha value is -1.66. The summed E-state index contributed by atoms with van der Waals surface area (Å²) in [6.07, 6.45) is 0. The van der Waals surface area contributed by atoms with Gasteiger partial charge in [0.1, 0.15) is 5.02 Å². The molecule has 7 heteroatoms. The van der Waals surface area contributed by atoms with E-state index < -0.39 is 4.92 Å². The molecule has 1 fully saturated rings. The molecule has 5 nitrogen and oxygen atoms in total. The van der Waals surface area contributed by atoms with E-state index in [-0.39, 0.29) is 23.1 Å². The molecule has 2 N–H and O–H groups in total. The van der Waals surface area contributed by atoms with Crippen LogP contribution in [0.1, 0.15) is 17.0 Å². The third-order valence-electron chi connectivity index (χ3n) is 4.66. The first-order chi connectivity index (χ1) is 11.6. The topological polar surface area (TPSA) is 72.4 Å². The van der Waals surface area contributed by atoms with Crippen molar-refractivity contribution in [3.63, 3.8) is 0 Å². The SMILES string of the molecule is Cl.NC[C@@H]1CN(Cc2ccc(Cl)c([N+](=O)[O-])c2)C[C@H]1c1ccccc1. The van der Waals surface area contributed by atoms with Crippen molar-refractivity contribution < 1.29 is 4.92 Å². The van der Waals surface area contributed by atoms with E-state index in [2.05, 4.69) is 17.0 Å². The van der Waals surface area contributed by atoms with E-state index in [1.54, 1.807) is 12.1 Å². The Bertz CT molecular complexity index is 728. The summed E-state index contributed by atoms with van der Waals surface area (Å²) in [5.41, 5.74) is 8.13. The molecule has 0 radical (unpaired) electrons. The van der Waals surface area contributed by atoms with Crippen molar-refractivity contribution in [2.75, 3.05) is 19.6 Å². The summed E-state index contributed by atoms with van der Waals surface area (Å²) >= 11 is 5.88. The lowest BCUT2D eigenvalue weighted by molar-refractivity contribution is -0.384. The Morgan fingerprint density at radius 1 is 1.20 bits per heavy atom. The van der Waals surface area contributed by atoms with E-state index in [9.17, 15) is 10.1 Å². The summed E-state index contributed by atoms with van der Waals surface area (Å²) in [4.78, 5) is 12.9. The largest absolute Gasteiger partial charge is 0.330 e. The fourth-order valence-electron chi connectivity index (χ4n) is 3.46. The van der Waals surface area contributed by atoms with Crippen LogP contribution < -0.4 is 5.73 Å². The monoisotopic (exact) mass is 381 g/mol. The predicted molar refractivity (Wildman–Crippen MR) is 102 cm³/mol. The quantitative estimate of drug-likeness (QED) is 0.630. The molecule has 0 amide bonds. The Kier molecular flexibility index (Phi) is 6.79. The molecule has 1 aliphatic heterocycles. The van der Waals surface area contributed by atoms with Crippen LogP contribution in [-0.2, 0) is 6.54 Å². The smallest absolute Gasteiger partial charge is 0.288 e. The molecular formula is C18H21Cl2N3O2. The zero-order valence-corrected chi connectivity index (χ0v) is 15.2.